The van der Waals surface area contributed by atoms with E-state index in [1.54, 1.807) is 0 Å². The van der Waals surface area contributed by atoms with Gasteiger partial charge >= 0.3 is 0 Å². The number of para-hydroxylation sites is 2. The third-order valence-electron chi connectivity index (χ3n) is 15.5. The normalized spacial score (nSPS) is 12.5. The number of aromatic nitrogens is 2. The van der Waals surface area contributed by atoms with Crippen LogP contribution in [0.1, 0.15) is 101 Å². The minimum absolute atomic E-state index is 0.386. The molecule has 0 aliphatic rings. The Balaban J connectivity index is 1.18. The van der Waals surface area contributed by atoms with Crippen LogP contribution in [0.2, 0.25) is 0 Å². The van der Waals surface area contributed by atoms with E-state index in [0.717, 1.165) is 34.1 Å². The lowest BCUT2D eigenvalue weighted by Crippen LogP contribution is -2.10. The van der Waals surface area contributed by atoms with Gasteiger partial charge in [-0.15, -0.1) is 0 Å². The van der Waals surface area contributed by atoms with Gasteiger partial charge in [0.25, 0.3) is 0 Å². The van der Waals surface area contributed by atoms with Crippen LogP contribution in [0.5, 0.6) is 0 Å². The van der Waals surface area contributed by atoms with Crippen molar-refractivity contribution in [2.45, 2.75) is 79.1 Å². The molecule has 0 radical (unpaired) electrons. The molecule has 4 heterocycles. The van der Waals surface area contributed by atoms with Crippen molar-refractivity contribution < 1.29 is 0 Å². The Bertz CT molecular complexity index is 3830. The zero-order valence-electron chi connectivity index (χ0n) is 41.4. The van der Waals surface area contributed by atoms with Gasteiger partial charge in [0.15, 0.2) is 0 Å². The Hall–Kier alpha value is -7.82. The lowest BCUT2D eigenvalue weighted by Gasteiger charge is -2.26. The number of nitrogens with zero attached hydrogens (tertiary/aromatic N) is 4. The van der Waals surface area contributed by atoms with Gasteiger partial charge in [0, 0.05) is 77.2 Å². The summed E-state index contributed by atoms with van der Waals surface area (Å²) in [5.41, 5.74) is 19.8. The second-order valence-corrected chi connectivity index (χ2v) is 21.0. The van der Waals surface area contributed by atoms with Crippen molar-refractivity contribution >= 4 is 110 Å². The van der Waals surface area contributed by atoms with Gasteiger partial charge < -0.3 is 18.6 Å². The summed E-state index contributed by atoms with van der Waals surface area (Å²) in [6.45, 7) is 18.3. The van der Waals surface area contributed by atoms with Crippen LogP contribution in [-0.4, -0.2) is 8.80 Å². The van der Waals surface area contributed by atoms with Crippen LogP contribution in [0.25, 0.3) is 76.2 Å². The van der Waals surface area contributed by atoms with E-state index < -0.39 is 0 Å². The van der Waals surface area contributed by atoms with E-state index in [2.05, 4.69) is 256 Å². The average Bonchev–Trinajstić information content (AvgIpc) is 4.10. The maximum Gasteiger partial charge on any atom is 0.0634 e. The molecule has 13 aromatic rings. The maximum absolute atomic E-state index is 2.60. The Kier molecular flexibility index (Phi) is 9.59. The summed E-state index contributed by atoms with van der Waals surface area (Å²) >= 11 is 0. The highest BCUT2D eigenvalue weighted by atomic mass is 15.1. The summed E-state index contributed by atoms with van der Waals surface area (Å²) in [6.07, 6.45) is 0. The molecule has 9 aromatic carbocycles. The Morgan fingerprint density at radius 3 is 0.871 bits per heavy atom. The van der Waals surface area contributed by atoms with Gasteiger partial charge in [0.05, 0.1) is 33.1 Å². The van der Waals surface area contributed by atoms with E-state index in [1.165, 1.54) is 98.4 Å². The lowest BCUT2D eigenvalue weighted by molar-refractivity contribution is 0.866. The predicted octanol–water partition coefficient (Wildman–Crippen LogP) is 19.4. The predicted molar refractivity (Wildman–Crippen MR) is 301 cm³/mol. The summed E-state index contributed by atoms with van der Waals surface area (Å²) in [7, 11) is 0. The molecule has 342 valence electrons. The van der Waals surface area contributed by atoms with Crippen molar-refractivity contribution in [2.24, 2.45) is 0 Å². The Morgan fingerprint density at radius 1 is 0.271 bits per heavy atom. The smallest absolute Gasteiger partial charge is 0.0634 e. The largest absolute Gasteiger partial charge is 0.310 e. The van der Waals surface area contributed by atoms with Crippen molar-refractivity contribution in [1.29, 1.82) is 0 Å². The third kappa shape index (κ3) is 6.21. The fraction of sp³-hybridized carbons (Fsp3) is 0.182. The summed E-state index contributed by atoms with van der Waals surface area (Å²) in [6, 6.07) is 69.0. The van der Waals surface area contributed by atoms with E-state index in [9.17, 15) is 0 Å². The van der Waals surface area contributed by atoms with Crippen molar-refractivity contribution in [3.8, 4) is 0 Å². The molecule has 70 heavy (non-hydrogen) atoms. The molecule has 4 aromatic heterocycles. The van der Waals surface area contributed by atoms with E-state index in [-0.39, 0.29) is 0 Å². The fourth-order valence-corrected chi connectivity index (χ4v) is 11.8. The highest BCUT2D eigenvalue weighted by Gasteiger charge is 2.30. The van der Waals surface area contributed by atoms with Crippen LogP contribution in [0, 0.1) is 0 Å². The molecule has 13 rings (SSSR count). The lowest BCUT2D eigenvalue weighted by atomic mass is 9.94. The van der Waals surface area contributed by atoms with E-state index in [1.807, 2.05) is 0 Å². The first-order chi connectivity index (χ1) is 34.0. The topological polar surface area (TPSA) is 15.3 Å². The van der Waals surface area contributed by atoms with E-state index in [0.29, 0.717) is 23.7 Å². The number of rotatable bonds is 10. The summed E-state index contributed by atoms with van der Waals surface area (Å²) in [5, 5.41) is 10.5. The highest BCUT2D eigenvalue weighted by Crippen LogP contribution is 2.54. The van der Waals surface area contributed by atoms with Crippen LogP contribution >= 0.6 is 0 Å². The van der Waals surface area contributed by atoms with Crippen LogP contribution in [0.4, 0.5) is 34.1 Å². The zero-order valence-corrected chi connectivity index (χ0v) is 41.4. The van der Waals surface area contributed by atoms with Gasteiger partial charge in [-0.1, -0.05) is 128 Å². The minimum Gasteiger partial charge on any atom is -0.310 e. The van der Waals surface area contributed by atoms with Crippen LogP contribution in [0.3, 0.4) is 0 Å². The van der Waals surface area contributed by atoms with Gasteiger partial charge in [-0.05, 0) is 155 Å². The van der Waals surface area contributed by atoms with Crippen molar-refractivity contribution in [2.75, 3.05) is 9.80 Å². The second-order valence-electron chi connectivity index (χ2n) is 21.0. The first-order valence-electron chi connectivity index (χ1n) is 25.4. The number of hydrogen-bond donors (Lipinski definition) is 0. The first-order valence-corrected chi connectivity index (χ1v) is 25.4. The molecule has 0 atom stereocenters. The molecule has 0 aliphatic carbocycles. The maximum atomic E-state index is 2.60. The SMILES string of the molecule is CC(C)c1ccc(N(c2ccccc2)c2ccc3c(c2)c2c4c5cc(C(C)C)ccc5n5c6ccc(N(c7ccccc7)c7ccc(C(C)C)cc7)cc6c(c6c7cc(C(C)C)ccc7n3c62)c45)cc1. The van der Waals surface area contributed by atoms with E-state index >= 15 is 0 Å². The zero-order chi connectivity index (χ0) is 47.7. The fourth-order valence-electron chi connectivity index (χ4n) is 11.8. The summed E-state index contributed by atoms with van der Waals surface area (Å²) in [4.78, 5) is 4.86. The molecule has 0 spiro atoms. The molecule has 0 saturated heterocycles. The number of anilines is 6. The third-order valence-corrected chi connectivity index (χ3v) is 15.5. The monoisotopic (exact) mass is 906 g/mol. The molecule has 0 bridgehead atoms. The van der Waals surface area contributed by atoms with Crippen LogP contribution in [-0.2, 0) is 0 Å². The number of fused-ring (bicyclic) bond motifs is 14. The quantitative estimate of drug-likeness (QED) is 0.136. The number of benzene rings is 9. The Morgan fingerprint density at radius 2 is 0.543 bits per heavy atom. The minimum atomic E-state index is 0.386. The molecule has 4 nitrogen and oxygen atoms in total. The summed E-state index contributed by atoms with van der Waals surface area (Å²) in [5.74, 6) is 1.68. The highest BCUT2D eigenvalue weighted by molar-refractivity contribution is 6.45. The molecule has 0 unspecified atom stereocenters. The molecule has 0 aliphatic heterocycles. The standard InChI is InChI=1S/C66H58N4/c1-39(2)43-19-25-49(26-20-43)67(47-15-11-9-12-16-47)51-29-33-59-55(37-51)63-61-53-35-45(41(5)6)24-32-58(53)70-60-34-30-52(68(48-17-13-10-14-18-48)50-27-21-44(22-28-50)40(3)4)38-56(60)64(66(61)70)62-54-36-46(42(7)8)23-31-57(54)69(59)65(62)63/h9-42H,1-8H3. The molecular weight excluding hydrogens is 849 g/mol. The van der Waals surface area contributed by atoms with Crippen LogP contribution < -0.4 is 9.80 Å². The van der Waals surface area contributed by atoms with Gasteiger partial charge in [-0.25, -0.2) is 0 Å². The van der Waals surface area contributed by atoms with Crippen molar-refractivity contribution in [3.05, 3.63) is 204 Å². The summed E-state index contributed by atoms with van der Waals surface area (Å²) < 4.78 is 5.21. The van der Waals surface area contributed by atoms with E-state index in [4.69, 9.17) is 0 Å². The van der Waals surface area contributed by atoms with Gasteiger partial charge in [0.2, 0.25) is 0 Å². The molecule has 0 N–H and O–H groups in total. The second kappa shape index (κ2) is 15.9. The average molecular weight is 907 g/mol. The first kappa shape index (κ1) is 42.3. The molecule has 0 amide bonds. The van der Waals surface area contributed by atoms with Crippen LogP contribution in [0.15, 0.2) is 182 Å². The number of hydrogen-bond acceptors (Lipinski definition) is 2. The Labute approximate surface area is 410 Å². The van der Waals surface area contributed by atoms with Crippen molar-refractivity contribution in [1.82, 2.24) is 8.80 Å². The molecule has 0 fully saturated rings. The van der Waals surface area contributed by atoms with Gasteiger partial charge in [0.1, 0.15) is 0 Å². The van der Waals surface area contributed by atoms with Gasteiger partial charge in [-0.2, -0.15) is 0 Å². The molecule has 0 saturated carbocycles. The van der Waals surface area contributed by atoms with Crippen molar-refractivity contribution in [3.63, 3.8) is 0 Å². The molecule has 4 heteroatoms. The van der Waals surface area contributed by atoms with Gasteiger partial charge in [-0.3, -0.25) is 0 Å². The molecular formula is C66H58N4.